The Bertz CT molecular complexity index is 248. The number of rotatable bonds is 7. The van der Waals surface area contributed by atoms with Gasteiger partial charge in [-0.1, -0.05) is 6.92 Å². The highest BCUT2D eigenvalue weighted by Gasteiger charge is 2.34. The lowest BCUT2D eigenvalue weighted by molar-refractivity contribution is -0.130. The molecule has 0 aromatic carbocycles. The number of nitrogens with one attached hydrogen (secondary N) is 1. The Morgan fingerprint density at radius 1 is 1.47 bits per heavy atom. The zero-order chi connectivity index (χ0) is 12.8. The van der Waals surface area contributed by atoms with Gasteiger partial charge >= 0.3 is 0 Å². The molecule has 1 rings (SSSR count). The number of carbonyl (C=O) groups excluding carboxylic acids is 1. The van der Waals surface area contributed by atoms with E-state index >= 15 is 0 Å². The molecule has 5 nitrogen and oxygen atoms in total. The molecule has 1 saturated heterocycles. The van der Waals surface area contributed by atoms with Crippen LogP contribution < -0.4 is 5.32 Å². The first-order chi connectivity index (χ1) is 8.10. The quantitative estimate of drug-likeness (QED) is 0.690. The molecule has 17 heavy (non-hydrogen) atoms. The molecular formula is C12H25N3O2. The summed E-state index contributed by atoms with van der Waals surface area (Å²) in [7, 11) is 3.75. The zero-order valence-electron chi connectivity index (χ0n) is 11.4. The molecule has 0 radical (unpaired) electrons. The third-order valence-corrected chi connectivity index (χ3v) is 3.30. The highest BCUT2D eigenvalue weighted by atomic mass is 16.5. The van der Waals surface area contributed by atoms with Crippen LogP contribution in [0, 0.1) is 0 Å². The fourth-order valence-electron chi connectivity index (χ4n) is 2.08. The minimum Gasteiger partial charge on any atom is -0.383 e. The second-order valence-electron chi connectivity index (χ2n) is 4.63. The number of amides is 1. The van der Waals surface area contributed by atoms with E-state index in [1.807, 2.05) is 18.7 Å². The number of nitrogens with zero attached hydrogens (tertiary/aromatic N) is 2. The van der Waals surface area contributed by atoms with Crippen molar-refractivity contribution in [3.63, 3.8) is 0 Å². The third kappa shape index (κ3) is 3.94. The molecule has 2 unspecified atom stereocenters. The molecule has 1 fully saturated rings. The van der Waals surface area contributed by atoms with Crippen LogP contribution in [0.2, 0.25) is 0 Å². The normalized spacial score (nSPS) is 25.0. The van der Waals surface area contributed by atoms with Gasteiger partial charge in [-0.3, -0.25) is 10.1 Å². The van der Waals surface area contributed by atoms with Gasteiger partial charge in [0.1, 0.15) is 0 Å². The Labute approximate surface area is 104 Å². The minimum atomic E-state index is 0.00859. The molecule has 1 aliphatic heterocycles. The number of likely N-dealkylation sites (N-methyl/N-ethyl adjacent to an activating group) is 1. The summed E-state index contributed by atoms with van der Waals surface area (Å²) in [4.78, 5) is 16.1. The van der Waals surface area contributed by atoms with E-state index in [4.69, 9.17) is 4.74 Å². The maximum Gasteiger partial charge on any atom is 0.241 e. The summed E-state index contributed by atoms with van der Waals surface area (Å²) >= 11 is 0. The van der Waals surface area contributed by atoms with Crippen molar-refractivity contribution in [2.75, 3.05) is 40.4 Å². The van der Waals surface area contributed by atoms with E-state index in [0.717, 1.165) is 32.7 Å². The van der Waals surface area contributed by atoms with Crippen LogP contribution >= 0.6 is 0 Å². The summed E-state index contributed by atoms with van der Waals surface area (Å²) in [5, 5.41) is 3.30. The number of carbonyl (C=O) groups is 1. The summed E-state index contributed by atoms with van der Waals surface area (Å²) < 4.78 is 5.03. The predicted molar refractivity (Wildman–Crippen MR) is 67.8 cm³/mol. The minimum absolute atomic E-state index is 0.00859. The standard InChI is InChI=1S/C12H25N3O2/c1-5-11-12(16)15(10(2)13-11)7-6-14(3)8-9-17-4/h10-11,13H,5-9H2,1-4H3. The predicted octanol–water partition coefficient (Wildman–Crippen LogP) is 0.121. The lowest BCUT2D eigenvalue weighted by Crippen LogP contribution is -2.40. The number of hydrogen-bond acceptors (Lipinski definition) is 4. The van der Waals surface area contributed by atoms with E-state index < -0.39 is 0 Å². The van der Waals surface area contributed by atoms with Crippen molar-refractivity contribution in [1.29, 1.82) is 0 Å². The second kappa shape index (κ2) is 6.93. The Hall–Kier alpha value is -0.650. The molecule has 2 atom stereocenters. The lowest BCUT2D eigenvalue weighted by Gasteiger charge is -2.24. The van der Waals surface area contributed by atoms with Crippen molar-refractivity contribution in [3.05, 3.63) is 0 Å². The molecule has 0 saturated carbocycles. The average molecular weight is 243 g/mol. The highest BCUT2D eigenvalue weighted by Crippen LogP contribution is 2.12. The molecule has 5 heteroatoms. The van der Waals surface area contributed by atoms with Crippen LogP contribution in [0.25, 0.3) is 0 Å². The van der Waals surface area contributed by atoms with Crippen LogP contribution in [-0.2, 0) is 9.53 Å². The van der Waals surface area contributed by atoms with Gasteiger partial charge in [-0.05, 0) is 20.4 Å². The first-order valence-corrected chi connectivity index (χ1v) is 6.34. The molecule has 1 heterocycles. The van der Waals surface area contributed by atoms with Gasteiger partial charge in [0.2, 0.25) is 5.91 Å². The van der Waals surface area contributed by atoms with Gasteiger partial charge < -0.3 is 14.5 Å². The number of ether oxygens (including phenoxy) is 1. The van der Waals surface area contributed by atoms with Gasteiger partial charge in [0.25, 0.3) is 0 Å². The average Bonchev–Trinajstić information content (AvgIpc) is 2.59. The highest BCUT2D eigenvalue weighted by molar-refractivity contribution is 5.84. The van der Waals surface area contributed by atoms with E-state index in [-0.39, 0.29) is 18.1 Å². The van der Waals surface area contributed by atoms with Crippen LogP contribution in [0.1, 0.15) is 20.3 Å². The van der Waals surface area contributed by atoms with Crippen molar-refractivity contribution in [1.82, 2.24) is 15.1 Å². The van der Waals surface area contributed by atoms with Crippen LogP contribution in [-0.4, -0.2) is 68.3 Å². The summed E-state index contributed by atoms with van der Waals surface area (Å²) in [5.74, 6) is 0.236. The second-order valence-corrected chi connectivity index (χ2v) is 4.63. The van der Waals surface area contributed by atoms with Crippen LogP contribution in [0.3, 0.4) is 0 Å². The molecule has 1 amide bonds. The van der Waals surface area contributed by atoms with Crippen molar-refractivity contribution in [2.24, 2.45) is 0 Å². The smallest absolute Gasteiger partial charge is 0.241 e. The van der Waals surface area contributed by atoms with Gasteiger partial charge in [0.05, 0.1) is 18.8 Å². The summed E-state index contributed by atoms with van der Waals surface area (Å²) in [6, 6.07) is 0.00859. The first kappa shape index (κ1) is 14.4. The molecular weight excluding hydrogens is 218 g/mol. The third-order valence-electron chi connectivity index (χ3n) is 3.30. The molecule has 0 aliphatic carbocycles. The van der Waals surface area contributed by atoms with E-state index in [1.54, 1.807) is 7.11 Å². The largest absolute Gasteiger partial charge is 0.383 e. The van der Waals surface area contributed by atoms with Crippen molar-refractivity contribution in [2.45, 2.75) is 32.5 Å². The fourth-order valence-corrected chi connectivity index (χ4v) is 2.08. The zero-order valence-corrected chi connectivity index (χ0v) is 11.4. The lowest BCUT2D eigenvalue weighted by atomic mass is 10.2. The number of hydrogen-bond donors (Lipinski definition) is 1. The molecule has 0 aromatic heterocycles. The van der Waals surface area contributed by atoms with Crippen LogP contribution in [0.4, 0.5) is 0 Å². The maximum atomic E-state index is 12.0. The molecule has 0 spiro atoms. The molecule has 1 aliphatic rings. The van der Waals surface area contributed by atoms with Crippen LogP contribution in [0.5, 0.6) is 0 Å². The Morgan fingerprint density at radius 2 is 2.18 bits per heavy atom. The number of methoxy groups -OCH3 is 1. The van der Waals surface area contributed by atoms with Gasteiger partial charge in [-0.25, -0.2) is 0 Å². The van der Waals surface area contributed by atoms with Gasteiger partial charge in [-0.2, -0.15) is 0 Å². The molecule has 100 valence electrons. The summed E-state index contributed by atoms with van der Waals surface area (Å²) in [6.45, 7) is 7.38. The first-order valence-electron chi connectivity index (χ1n) is 6.34. The summed E-state index contributed by atoms with van der Waals surface area (Å²) in [6.07, 6.45) is 1.02. The SMILES string of the molecule is CCC1NC(C)N(CCN(C)CCOC)C1=O. The maximum absolute atomic E-state index is 12.0. The molecule has 0 aromatic rings. The Balaban J connectivity index is 2.33. The van der Waals surface area contributed by atoms with Crippen LogP contribution in [0.15, 0.2) is 0 Å². The van der Waals surface area contributed by atoms with E-state index in [1.165, 1.54) is 0 Å². The van der Waals surface area contributed by atoms with Gasteiger partial charge in [-0.15, -0.1) is 0 Å². The van der Waals surface area contributed by atoms with E-state index in [9.17, 15) is 4.79 Å². The Kier molecular flexibility index (Phi) is 5.88. The topological polar surface area (TPSA) is 44.8 Å². The van der Waals surface area contributed by atoms with Gasteiger partial charge in [0, 0.05) is 26.7 Å². The summed E-state index contributed by atoms with van der Waals surface area (Å²) in [5.41, 5.74) is 0. The fraction of sp³-hybridized carbons (Fsp3) is 0.917. The van der Waals surface area contributed by atoms with E-state index in [2.05, 4.69) is 17.3 Å². The molecule has 0 bridgehead atoms. The monoisotopic (exact) mass is 243 g/mol. The molecule has 1 N–H and O–H groups in total. The van der Waals surface area contributed by atoms with Crippen molar-refractivity contribution < 1.29 is 9.53 Å². The van der Waals surface area contributed by atoms with Crippen molar-refractivity contribution in [3.8, 4) is 0 Å². The Morgan fingerprint density at radius 3 is 2.71 bits per heavy atom. The van der Waals surface area contributed by atoms with Crippen molar-refractivity contribution >= 4 is 5.91 Å². The van der Waals surface area contributed by atoms with Gasteiger partial charge in [0.15, 0.2) is 0 Å². The van der Waals surface area contributed by atoms with E-state index in [0.29, 0.717) is 0 Å².